The highest BCUT2D eigenvalue weighted by Crippen LogP contribution is 2.18. The molecular formula is C15H18N2O. The average molecular weight is 242 g/mol. The molecule has 0 aliphatic heterocycles. The molecule has 94 valence electrons. The van der Waals surface area contributed by atoms with Gasteiger partial charge in [-0.15, -0.1) is 0 Å². The van der Waals surface area contributed by atoms with Crippen molar-refractivity contribution in [2.24, 2.45) is 0 Å². The molecule has 3 nitrogen and oxygen atoms in total. The van der Waals surface area contributed by atoms with E-state index in [4.69, 9.17) is 0 Å². The first-order chi connectivity index (χ1) is 8.54. The van der Waals surface area contributed by atoms with Crippen molar-refractivity contribution >= 4 is 5.78 Å². The first-order valence-electron chi connectivity index (χ1n) is 6.21. The van der Waals surface area contributed by atoms with Crippen LogP contribution in [0.15, 0.2) is 24.3 Å². The fraction of sp³-hybridized carbons (Fsp3) is 0.333. The Bertz CT molecular complexity index is 597. The predicted octanol–water partition coefficient (Wildman–Crippen LogP) is 3.39. The summed E-state index contributed by atoms with van der Waals surface area (Å²) in [5, 5.41) is 4.51. The number of ketones is 1. The molecule has 0 fully saturated rings. The van der Waals surface area contributed by atoms with Crippen molar-refractivity contribution in [2.75, 3.05) is 0 Å². The van der Waals surface area contributed by atoms with E-state index >= 15 is 0 Å². The molecule has 2 aromatic rings. The lowest BCUT2D eigenvalue weighted by molar-refractivity contribution is 0.0988. The Hall–Kier alpha value is -1.90. The highest BCUT2D eigenvalue weighted by molar-refractivity contribution is 5.96. The average Bonchev–Trinajstić information content (AvgIpc) is 2.66. The Morgan fingerprint density at radius 1 is 1.28 bits per heavy atom. The van der Waals surface area contributed by atoms with Gasteiger partial charge < -0.3 is 0 Å². The number of aromatic nitrogens is 2. The van der Waals surface area contributed by atoms with E-state index in [2.05, 4.69) is 12.0 Å². The number of aryl methyl sites for hydroxylation is 1. The van der Waals surface area contributed by atoms with Crippen molar-refractivity contribution in [3.63, 3.8) is 0 Å². The minimum Gasteiger partial charge on any atom is -0.294 e. The van der Waals surface area contributed by atoms with Gasteiger partial charge in [0.05, 0.1) is 11.4 Å². The van der Waals surface area contributed by atoms with Crippen LogP contribution in [0.5, 0.6) is 0 Å². The third-order valence-corrected chi connectivity index (χ3v) is 3.39. The molecule has 0 radical (unpaired) electrons. The standard InChI is InChI=1S/C15H18N2O/c1-5-15(18)13-7-6-8-14(9-13)17-12(4)10(2)11(3)16-17/h6-9H,5H2,1-4H3. The Balaban J connectivity index is 2.51. The summed E-state index contributed by atoms with van der Waals surface area (Å²) in [5.41, 5.74) is 5.04. The number of carbonyl (C=O) groups is 1. The second kappa shape index (κ2) is 4.77. The van der Waals surface area contributed by atoms with E-state index in [1.165, 1.54) is 5.56 Å². The van der Waals surface area contributed by atoms with E-state index in [-0.39, 0.29) is 5.78 Å². The lowest BCUT2D eigenvalue weighted by atomic mass is 10.1. The largest absolute Gasteiger partial charge is 0.294 e. The van der Waals surface area contributed by atoms with Crippen LogP contribution in [0.25, 0.3) is 5.69 Å². The van der Waals surface area contributed by atoms with Crippen LogP contribution in [-0.2, 0) is 0 Å². The van der Waals surface area contributed by atoms with Crippen molar-refractivity contribution in [3.8, 4) is 5.69 Å². The summed E-state index contributed by atoms with van der Waals surface area (Å²) >= 11 is 0. The van der Waals surface area contributed by atoms with Gasteiger partial charge in [-0.2, -0.15) is 5.10 Å². The number of nitrogens with zero attached hydrogens (tertiary/aromatic N) is 2. The summed E-state index contributed by atoms with van der Waals surface area (Å²) in [5.74, 6) is 0.162. The molecule has 0 amide bonds. The van der Waals surface area contributed by atoms with Gasteiger partial charge in [-0.25, -0.2) is 4.68 Å². The number of benzene rings is 1. The Morgan fingerprint density at radius 3 is 2.56 bits per heavy atom. The van der Waals surface area contributed by atoms with E-state index < -0.39 is 0 Å². The molecule has 0 spiro atoms. The van der Waals surface area contributed by atoms with Crippen LogP contribution < -0.4 is 0 Å². The number of carbonyl (C=O) groups excluding carboxylic acids is 1. The van der Waals surface area contributed by atoms with Gasteiger partial charge in [0.2, 0.25) is 0 Å². The zero-order valence-corrected chi connectivity index (χ0v) is 11.3. The van der Waals surface area contributed by atoms with Gasteiger partial charge >= 0.3 is 0 Å². The van der Waals surface area contributed by atoms with Gasteiger partial charge in [-0.1, -0.05) is 19.1 Å². The molecule has 18 heavy (non-hydrogen) atoms. The maximum absolute atomic E-state index is 11.7. The molecule has 0 aliphatic carbocycles. The SMILES string of the molecule is CCC(=O)c1cccc(-n2nc(C)c(C)c2C)c1. The lowest BCUT2D eigenvalue weighted by Crippen LogP contribution is -2.02. The minimum atomic E-state index is 0.162. The van der Waals surface area contributed by atoms with Crippen molar-refractivity contribution in [1.29, 1.82) is 0 Å². The normalized spacial score (nSPS) is 10.7. The Kier molecular flexibility index (Phi) is 3.32. The van der Waals surface area contributed by atoms with Crippen LogP contribution in [0.1, 0.15) is 40.7 Å². The molecule has 0 unspecified atom stereocenters. The summed E-state index contributed by atoms with van der Waals surface area (Å²) in [6.45, 7) is 7.99. The maximum atomic E-state index is 11.7. The quantitative estimate of drug-likeness (QED) is 0.773. The molecule has 0 N–H and O–H groups in total. The second-order valence-electron chi connectivity index (χ2n) is 4.53. The summed E-state index contributed by atoms with van der Waals surface area (Å²) < 4.78 is 1.90. The molecular weight excluding hydrogens is 224 g/mol. The van der Waals surface area contributed by atoms with Crippen molar-refractivity contribution in [3.05, 3.63) is 46.8 Å². The van der Waals surface area contributed by atoms with E-state index in [9.17, 15) is 4.79 Å². The van der Waals surface area contributed by atoms with Gasteiger partial charge in [0.15, 0.2) is 5.78 Å². The third-order valence-electron chi connectivity index (χ3n) is 3.39. The number of hydrogen-bond acceptors (Lipinski definition) is 2. The van der Waals surface area contributed by atoms with Gasteiger partial charge in [0, 0.05) is 17.7 Å². The number of hydrogen-bond donors (Lipinski definition) is 0. The summed E-state index contributed by atoms with van der Waals surface area (Å²) in [6, 6.07) is 7.65. The molecule has 0 saturated heterocycles. The van der Waals surface area contributed by atoms with E-state index in [1.54, 1.807) is 0 Å². The van der Waals surface area contributed by atoms with Crippen molar-refractivity contribution < 1.29 is 4.79 Å². The first kappa shape index (κ1) is 12.6. The molecule has 1 heterocycles. The summed E-state index contributed by atoms with van der Waals surface area (Å²) in [7, 11) is 0. The van der Waals surface area contributed by atoms with Crippen LogP contribution in [0.3, 0.4) is 0 Å². The molecule has 1 aromatic carbocycles. The first-order valence-corrected chi connectivity index (χ1v) is 6.21. The molecule has 2 rings (SSSR count). The zero-order chi connectivity index (χ0) is 13.3. The highest BCUT2D eigenvalue weighted by atomic mass is 16.1. The van der Waals surface area contributed by atoms with Crippen LogP contribution in [0, 0.1) is 20.8 Å². The van der Waals surface area contributed by atoms with E-state index in [1.807, 2.05) is 49.7 Å². The van der Waals surface area contributed by atoms with E-state index in [0.29, 0.717) is 6.42 Å². The topological polar surface area (TPSA) is 34.9 Å². The molecule has 0 aliphatic rings. The predicted molar refractivity (Wildman–Crippen MR) is 72.4 cm³/mol. The van der Waals surface area contributed by atoms with Crippen LogP contribution >= 0.6 is 0 Å². The molecule has 3 heteroatoms. The number of Topliss-reactive ketones (excluding diaryl/α,β-unsaturated/α-hetero) is 1. The maximum Gasteiger partial charge on any atom is 0.162 e. The molecule has 0 saturated carbocycles. The monoisotopic (exact) mass is 242 g/mol. The summed E-state index contributed by atoms with van der Waals surface area (Å²) in [6.07, 6.45) is 0.527. The lowest BCUT2D eigenvalue weighted by Gasteiger charge is -2.06. The Labute approximate surface area is 107 Å². The minimum absolute atomic E-state index is 0.162. The van der Waals surface area contributed by atoms with Crippen molar-refractivity contribution in [2.45, 2.75) is 34.1 Å². The Morgan fingerprint density at radius 2 is 2.00 bits per heavy atom. The van der Waals surface area contributed by atoms with Gasteiger partial charge in [0.25, 0.3) is 0 Å². The van der Waals surface area contributed by atoms with E-state index in [0.717, 1.165) is 22.6 Å². The molecule has 0 bridgehead atoms. The van der Waals surface area contributed by atoms with Crippen LogP contribution in [0.2, 0.25) is 0 Å². The number of rotatable bonds is 3. The second-order valence-corrected chi connectivity index (χ2v) is 4.53. The highest BCUT2D eigenvalue weighted by Gasteiger charge is 2.10. The fourth-order valence-electron chi connectivity index (χ4n) is 1.99. The third kappa shape index (κ3) is 2.08. The van der Waals surface area contributed by atoms with Gasteiger partial charge in [-0.05, 0) is 38.5 Å². The van der Waals surface area contributed by atoms with Crippen molar-refractivity contribution in [1.82, 2.24) is 9.78 Å². The summed E-state index contributed by atoms with van der Waals surface area (Å²) in [4.78, 5) is 11.7. The zero-order valence-electron chi connectivity index (χ0n) is 11.3. The molecule has 1 aromatic heterocycles. The molecule has 0 atom stereocenters. The van der Waals surface area contributed by atoms with Gasteiger partial charge in [0.1, 0.15) is 0 Å². The fourth-order valence-corrected chi connectivity index (χ4v) is 1.99. The van der Waals surface area contributed by atoms with Crippen LogP contribution in [0.4, 0.5) is 0 Å². The van der Waals surface area contributed by atoms with Gasteiger partial charge in [-0.3, -0.25) is 4.79 Å². The smallest absolute Gasteiger partial charge is 0.162 e. The van der Waals surface area contributed by atoms with Crippen LogP contribution in [-0.4, -0.2) is 15.6 Å².